The summed E-state index contributed by atoms with van der Waals surface area (Å²) in [6.07, 6.45) is 3.78. The van der Waals surface area contributed by atoms with Gasteiger partial charge in [0, 0.05) is 35.4 Å². The Bertz CT molecular complexity index is 1860. The molecule has 15 nitrogen and oxygen atoms in total. The number of tetrazole rings is 1. The first-order valence-electron chi connectivity index (χ1n) is 14.9. The van der Waals surface area contributed by atoms with Crippen LogP contribution in [0.1, 0.15) is 44.5 Å². The van der Waals surface area contributed by atoms with Crippen molar-refractivity contribution >= 4 is 41.5 Å². The second kappa shape index (κ2) is 14.5. The van der Waals surface area contributed by atoms with Crippen LogP contribution in [0.2, 0.25) is 5.02 Å². The van der Waals surface area contributed by atoms with Gasteiger partial charge < -0.3 is 19.7 Å². The van der Waals surface area contributed by atoms with Gasteiger partial charge in [-0.05, 0) is 91.6 Å². The number of rotatable bonds is 9. The summed E-state index contributed by atoms with van der Waals surface area (Å²) < 4.78 is 11.6. The van der Waals surface area contributed by atoms with Crippen molar-refractivity contribution in [3.63, 3.8) is 0 Å². The molecule has 1 fully saturated rings. The Balaban J connectivity index is 1.38. The smallest absolute Gasteiger partial charge is 0.411 e. The standard InChI is InChI=1S/C32H34ClN9O6/c1-32(2,3)48-31(46)41-16-19(17-41)13-25(36-28(43)12-7-21-14-22(33)8-11-27(21)42-18-34-39-40-42)26-15-24(29(44)38-37-26)20-5-9-23(10-6-20)35-30(45)47-4/h5-12,14-15,18-19,25H,13,16-17H2,1-4H3,(H,35,45)(H,36,43)(H,38,44)/t25-/m0/s1. The zero-order chi connectivity index (χ0) is 34.4. The maximum Gasteiger partial charge on any atom is 0.411 e. The fourth-order valence-electron chi connectivity index (χ4n) is 5.02. The average molecular weight is 676 g/mol. The lowest BCUT2D eigenvalue weighted by Crippen LogP contribution is -2.52. The molecular weight excluding hydrogens is 642 g/mol. The number of halogens is 1. The molecule has 3 amide bonds. The molecule has 0 aliphatic carbocycles. The van der Waals surface area contributed by atoms with Gasteiger partial charge in [-0.15, -0.1) is 5.10 Å². The summed E-state index contributed by atoms with van der Waals surface area (Å²) >= 11 is 6.23. The van der Waals surface area contributed by atoms with Crippen LogP contribution in [-0.2, 0) is 14.3 Å². The molecule has 4 aromatic rings. The number of ether oxygens (including phenoxy) is 2. The van der Waals surface area contributed by atoms with Gasteiger partial charge >= 0.3 is 12.2 Å². The summed E-state index contributed by atoms with van der Waals surface area (Å²) in [4.78, 5) is 51.9. The second-order valence-corrected chi connectivity index (χ2v) is 12.5. The van der Waals surface area contributed by atoms with E-state index in [0.717, 1.165) is 0 Å². The van der Waals surface area contributed by atoms with E-state index in [1.807, 2.05) is 0 Å². The third kappa shape index (κ3) is 8.61. The summed E-state index contributed by atoms with van der Waals surface area (Å²) in [5.74, 6) is -0.411. The first-order valence-corrected chi connectivity index (χ1v) is 15.3. The van der Waals surface area contributed by atoms with Gasteiger partial charge in [0.25, 0.3) is 5.56 Å². The van der Waals surface area contributed by atoms with Gasteiger partial charge in [-0.25, -0.2) is 14.7 Å². The third-order valence-electron chi connectivity index (χ3n) is 7.30. The zero-order valence-electron chi connectivity index (χ0n) is 26.6. The SMILES string of the molecule is COC(=O)Nc1ccc(-c2cc([C@H](CC3CN(C(=O)OC(C)(C)C)C3)NC(=O)C=Cc3cc(Cl)ccc3-n3cnnn3)n[nH]c2=O)cc1. The summed E-state index contributed by atoms with van der Waals surface area (Å²) in [6.45, 7) is 6.27. The van der Waals surface area contributed by atoms with Crippen molar-refractivity contribution in [1.82, 2.24) is 40.6 Å². The maximum absolute atomic E-state index is 13.4. The van der Waals surface area contributed by atoms with Gasteiger partial charge in [-0.3, -0.25) is 14.9 Å². The van der Waals surface area contributed by atoms with Gasteiger partial charge in [0.1, 0.15) is 11.9 Å². The molecule has 1 aliphatic heterocycles. The minimum Gasteiger partial charge on any atom is -0.453 e. The third-order valence-corrected chi connectivity index (χ3v) is 7.54. The van der Waals surface area contributed by atoms with Gasteiger partial charge in [0.15, 0.2) is 0 Å². The Kier molecular flexibility index (Phi) is 10.2. The molecule has 0 saturated carbocycles. The van der Waals surface area contributed by atoms with Gasteiger partial charge in [0.2, 0.25) is 5.91 Å². The average Bonchev–Trinajstić information content (AvgIpc) is 3.56. The predicted octanol–water partition coefficient (Wildman–Crippen LogP) is 4.37. The van der Waals surface area contributed by atoms with Crippen molar-refractivity contribution in [1.29, 1.82) is 0 Å². The minimum atomic E-state index is -0.637. The van der Waals surface area contributed by atoms with E-state index in [9.17, 15) is 19.2 Å². The molecule has 1 atom stereocenters. The fourth-order valence-corrected chi connectivity index (χ4v) is 5.20. The molecule has 0 spiro atoms. The Hall–Kier alpha value is -5.57. The number of amides is 3. The van der Waals surface area contributed by atoms with Crippen LogP contribution in [0.5, 0.6) is 0 Å². The largest absolute Gasteiger partial charge is 0.453 e. The van der Waals surface area contributed by atoms with Crippen LogP contribution in [0.15, 0.2) is 65.7 Å². The van der Waals surface area contributed by atoms with Gasteiger partial charge in [-0.2, -0.15) is 9.78 Å². The first kappa shape index (κ1) is 33.8. The van der Waals surface area contributed by atoms with E-state index in [2.05, 4.69) is 41.1 Å². The second-order valence-electron chi connectivity index (χ2n) is 12.1. The molecule has 5 rings (SSSR count). The van der Waals surface area contributed by atoms with E-state index >= 15 is 0 Å². The molecule has 48 heavy (non-hydrogen) atoms. The number of carbonyl (C=O) groups excluding carboxylic acids is 3. The molecule has 0 radical (unpaired) electrons. The van der Waals surface area contributed by atoms with Crippen LogP contribution < -0.4 is 16.2 Å². The summed E-state index contributed by atoms with van der Waals surface area (Å²) in [5, 5.41) is 24.1. The summed E-state index contributed by atoms with van der Waals surface area (Å²) in [6, 6.07) is 12.7. The lowest BCUT2D eigenvalue weighted by atomic mass is 9.90. The molecule has 1 aliphatic rings. The maximum atomic E-state index is 13.4. The number of benzene rings is 2. The van der Waals surface area contributed by atoms with Crippen molar-refractivity contribution in [2.24, 2.45) is 5.92 Å². The minimum absolute atomic E-state index is 0.0204. The molecule has 250 valence electrons. The number of hydrogen-bond acceptors (Lipinski definition) is 10. The van der Waals surface area contributed by atoms with E-state index in [-0.39, 0.29) is 5.92 Å². The lowest BCUT2D eigenvalue weighted by molar-refractivity contribution is -0.117. The molecule has 2 aromatic carbocycles. The fraction of sp³-hybridized carbons (Fsp3) is 0.312. The number of methoxy groups -OCH3 is 1. The Morgan fingerprint density at radius 1 is 1.12 bits per heavy atom. The molecule has 3 heterocycles. The quantitative estimate of drug-likeness (QED) is 0.215. The van der Waals surface area contributed by atoms with Crippen LogP contribution in [0.25, 0.3) is 22.9 Å². The Morgan fingerprint density at radius 3 is 2.54 bits per heavy atom. The topological polar surface area (TPSA) is 186 Å². The Morgan fingerprint density at radius 2 is 1.88 bits per heavy atom. The van der Waals surface area contributed by atoms with E-state index in [1.54, 1.807) is 80.3 Å². The predicted molar refractivity (Wildman–Crippen MR) is 176 cm³/mol. The summed E-state index contributed by atoms with van der Waals surface area (Å²) in [7, 11) is 1.26. The first-order chi connectivity index (χ1) is 22.9. The van der Waals surface area contributed by atoms with Crippen molar-refractivity contribution in [3.05, 3.63) is 87.6 Å². The van der Waals surface area contributed by atoms with Crippen LogP contribution in [0.4, 0.5) is 15.3 Å². The highest BCUT2D eigenvalue weighted by Crippen LogP contribution is 2.30. The van der Waals surface area contributed by atoms with E-state index < -0.39 is 35.3 Å². The number of aromatic amines is 1. The molecule has 1 saturated heterocycles. The van der Waals surface area contributed by atoms with Crippen molar-refractivity contribution in [2.75, 3.05) is 25.5 Å². The number of nitrogens with one attached hydrogen (secondary N) is 3. The molecule has 0 bridgehead atoms. The van der Waals surface area contributed by atoms with Crippen LogP contribution in [-0.4, -0.2) is 79.2 Å². The van der Waals surface area contributed by atoms with Crippen LogP contribution in [0, 0.1) is 5.92 Å². The number of H-pyrrole nitrogens is 1. The number of carbonyl (C=O) groups is 3. The summed E-state index contributed by atoms with van der Waals surface area (Å²) in [5.41, 5.74) is 1.93. The van der Waals surface area contributed by atoms with Gasteiger partial charge in [0.05, 0.1) is 30.1 Å². The Labute approximate surface area is 280 Å². The number of anilines is 1. The van der Waals surface area contributed by atoms with Crippen LogP contribution in [0.3, 0.4) is 0 Å². The van der Waals surface area contributed by atoms with E-state index in [4.69, 9.17) is 16.3 Å². The highest BCUT2D eigenvalue weighted by atomic mass is 35.5. The lowest BCUT2D eigenvalue weighted by Gasteiger charge is -2.41. The van der Waals surface area contributed by atoms with Crippen molar-refractivity contribution < 1.29 is 23.9 Å². The molecule has 2 aromatic heterocycles. The molecule has 3 N–H and O–H groups in total. The van der Waals surface area contributed by atoms with E-state index in [1.165, 1.54) is 24.2 Å². The van der Waals surface area contributed by atoms with E-state index in [0.29, 0.717) is 58.3 Å². The van der Waals surface area contributed by atoms with Crippen LogP contribution >= 0.6 is 11.6 Å². The van der Waals surface area contributed by atoms with Crippen molar-refractivity contribution in [3.8, 4) is 16.8 Å². The highest BCUT2D eigenvalue weighted by molar-refractivity contribution is 6.30. The molecular formula is C32H34ClN9O6. The van der Waals surface area contributed by atoms with Crippen molar-refractivity contribution in [2.45, 2.75) is 38.8 Å². The monoisotopic (exact) mass is 675 g/mol. The number of hydrogen-bond donors (Lipinski definition) is 3. The zero-order valence-corrected chi connectivity index (χ0v) is 27.4. The van der Waals surface area contributed by atoms with Gasteiger partial charge in [-0.1, -0.05) is 23.7 Å². The molecule has 16 heteroatoms. The number of likely N-dealkylation sites (tertiary alicyclic amines) is 1. The highest BCUT2D eigenvalue weighted by Gasteiger charge is 2.36. The normalized spacial score (nSPS) is 13.9. The molecule has 0 unspecified atom stereocenters. The number of aromatic nitrogens is 6. The number of nitrogens with zero attached hydrogens (tertiary/aromatic N) is 6.